The second-order valence-electron chi connectivity index (χ2n) is 6.89. The standard InChI is InChI=1S/C17H36N2O/c1-5-11-18-14-17(9-7-6-8-10-17)15-19(4)12-13-20-16(2)3/h16,18H,5-15H2,1-4H3. The SMILES string of the molecule is CCCNCC1(CN(C)CCOC(C)C)CCCCC1. The maximum atomic E-state index is 5.68. The molecule has 1 aliphatic rings. The maximum absolute atomic E-state index is 5.68. The van der Waals surface area contributed by atoms with Gasteiger partial charge in [-0.05, 0) is 52.1 Å². The predicted octanol–water partition coefficient (Wildman–Crippen LogP) is 3.29. The second-order valence-corrected chi connectivity index (χ2v) is 6.89. The number of nitrogens with zero attached hydrogens (tertiary/aromatic N) is 1. The van der Waals surface area contributed by atoms with Gasteiger partial charge in [-0.15, -0.1) is 0 Å². The van der Waals surface area contributed by atoms with Gasteiger partial charge in [0.1, 0.15) is 0 Å². The van der Waals surface area contributed by atoms with Crippen molar-refractivity contribution in [2.45, 2.75) is 65.4 Å². The van der Waals surface area contributed by atoms with Gasteiger partial charge in [-0.1, -0.05) is 26.2 Å². The number of rotatable bonds is 10. The normalized spacial score (nSPS) is 18.9. The fraction of sp³-hybridized carbons (Fsp3) is 1.00. The minimum atomic E-state index is 0.346. The van der Waals surface area contributed by atoms with Crippen molar-refractivity contribution in [1.29, 1.82) is 0 Å². The lowest BCUT2D eigenvalue weighted by molar-refractivity contribution is 0.0476. The quantitative estimate of drug-likeness (QED) is 0.623. The van der Waals surface area contributed by atoms with Gasteiger partial charge >= 0.3 is 0 Å². The van der Waals surface area contributed by atoms with Crippen LogP contribution in [0, 0.1) is 5.41 Å². The molecule has 0 amide bonds. The summed E-state index contributed by atoms with van der Waals surface area (Å²) < 4.78 is 5.68. The molecule has 1 N–H and O–H groups in total. The lowest BCUT2D eigenvalue weighted by Gasteiger charge is -2.40. The molecule has 1 fully saturated rings. The van der Waals surface area contributed by atoms with E-state index < -0.39 is 0 Å². The molecule has 3 heteroatoms. The smallest absolute Gasteiger partial charge is 0.0596 e. The Morgan fingerprint density at radius 1 is 1.20 bits per heavy atom. The molecule has 120 valence electrons. The number of hydrogen-bond acceptors (Lipinski definition) is 3. The Hall–Kier alpha value is -0.120. The molecule has 0 aliphatic heterocycles. The van der Waals surface area contributed by atoms with Crippen molar-refractivity contribution in [3.63, 3.8) is 0 Å². The van der Waals surface area contributed by atoms with Crippen molar-refractivity contribution in [1.82, 2.24) is 10.2 Å². The maximum Gasteiger partial charge on any atom is 0.0596 e. The predicted molar refractivity (Wildman–Crippen MR) is 87.3 cm³/mol. The largest absolute Gasteiger partial charge is 0.377 e. The number of ether oxygens (including phenoxy) is 1. The summed E-state index contributed by atoms with van der Waals surface area (Å²) in [5.74, 6) is 0. The van der Waals surface area contributed by atoms with Gasteiger partial charge in [-0.2, -0.15) is 0 Å². The monoisotopic (exact) mass is 284 g/mol. The summed E-state index contributed by atoms with van der Waals surface area (Å²) in [5.41, 5.74) is 0.500. The Morgan fingerprint density at radius 2 is 1.90 bits per heavy atom. The molecule has 1 rings (SSSR count). The summed E-state index contributed by atoms with van der Waals surface area (Å²) in [6.45, 7) is 11.9. The summed E-state index contributed by atoms with van der Waals surface area (Å²) in [7, 11) is 2.25. The summed E-state index contributed by atoms with van der Waals surface area (Å²) in [6.07, 6.45) is 8.59. The van der Waals surface area contributed by atoms with Crippen LogP contribution < -0.4 is 5.32 Å². The van der Waals surface area contributed by atoms with E-state index in [2.05, 4.69) is 38.0 Å². The second kappa shape index (κ2) is 9.75. The van der Waals surface area contributed by atoms with Gasteiger partial charge in [0, 0.05) is 19.6 Å². The highest BCUT2D eigenvalue weighted by atomic mass is 16.5. The zero-order valence-corrected chi connectivity index (χ0v) is 14.2. The average molecular weight is 284 g/mol. The molecule has 0 radical (unpaired) electrons. The lowest BCUT2D eigenvalue weighted by Crippen LogP contribution is -2.45. The highest BCUT2D eigenvalue weighted by Gasteiger charge is 2.32. The van der Waals surface area contributed by atoms with E-state index in [0.29, 0.717) is 11.5 Å². The molecule has 0 atom stereocenters. The minimum Gasteiger partial charge on any atom is -0.377 e. The van der Waals surface area contributed by atoms with Gasteiger partial charge in [0.25, 0.3) is 0 Å². The molecule has 0 aromatic heterocycles. The molecule has 0 aromatic carbocycles. The number of nitrogens with one attached hydrogen (secondary N) is 1. The zero-order chi connectivity index (χ0) is 14.8. The average Bonchev–Trinajstić information content (AvgIpc) is 2.39. The fourth-order valence-electron chi connectivity index (χ4n) is 3.32. The van der Waals surface area contributed by atoms with E-state index in [1.54, 1.807) is 0 Å². The first-order chi connectivity index (χ1) is 9.58. The summed E-state index contributed by atoms with van der Waals surface area (Å²) in [6, 6.07) is 0. The van der Waals surface area contributed by atoms with Crippen LogP contribution in [0.4, 0.5) is 0 Å². The fourth-order valence-corrected chi connectivity index (χ4v) is 3.32. The third kappa shape index (κ3) is 7.05. The molecule has 0 aromatic rings. The van der Waals surface area contributed by atoms with Crippen molar-refractivity contribution in [2.24, 2.45) is 5.41 Å². The van der Waals surface area contributed by atoms with Gasteiger partial charge in [0.15, 0.2) is 0 Å². The van der Waals surface area contributed by atoms with E-state index in [-0.39, 0.29) is 0 Å². The number of hydrogen-bond donors (Lipinski definition) is 1. The third-order valence-electron chi connectivity index (χ3n) is 4.37. The molecule has 1 saturated carbocycles. The topological polar surface area (TPSA) is 24.5 Å². The Morgan fingerprint density at radius 3 is 2.50 bits per heavy atom. The molecule has 20 heavy (non-hydrogen) atoms. The van der Waals surface area contributed by atoms with E-state index in [0.717, 1.165) is 19.7 Å². The van der Waals surface area contributed by atoms with Crippen molar-refractivity contribution >= 4 is 0 Å². The first kappa shape index (κ1) is 17.9. The first-order valence-corrected chi connectivity index (χ1v) is 8.59. The molecule has 0 bridgehead atoms. The zero-order valence-electron chi connectivity index (χ0n) is 14.2. The highest BCUT2D eigenvalue weighted by Crippen LogP contribution is 2.36. The van der Waals surface area contributed by atoms with Crippen LogP contribution in [-0.4, -0.2) is 50.8 Å². The van der Waals surface area contributed by atoms with E-state index in [9.17, 15) is 0 Å². The Balaban J connectivity index is 2.38. The molecule has 0 unspecified atom stereocenters. The molecule has 3 nitrogen and oxygen atoms in total. The van der Waals surface area contributed by atoms with Gasteiger partial charge in [0.2, 0.25) is 0 Å². The summed E-state index contributed by atoms with van der Waals surface area (Å²) >= 11 is 0. The third-order valence-corrected chi connectivity index (χ3v) is 4.37. The van der Waals surface area contributed by atoms with E-state index in [4.69, 9.17) is 4.74 Å². The van der Waals surface area contributed by atoms with E-state index >= 15 is 0 Å². The van der Waals surface area contributed by atoms with Crippen LogP contribution in [0.15, 0.2) is 0 Å². The van der Waals surface area contributed by atoms with Crippen LogP contribution >= 0.6 is 0 Å². The molecular weight excluding hydrogens is 248 g/mol. The van der Waals surface area contributed by atoms with Crippen LogP contribution in [0.1, 0.15) is 59.3 Å². The van der Waals surface area contributed by atoms with E-state index in [1.807, 2.05) is 0 Å². The van der Waals surface area contributed by atoms with E-state index in [1.165, 1.54) is 51.6 Å². The van der Waals surface area contributed by atoms with Crippen LogP contribution in [0.25, 0.3) is 0 Å². The van der Waals surface area contributed by atoms with Gasteiger partial charge < -0.3 is 15.0 Å². The van der Waals surface area contributed by atoms with Crippen molar-refractivity contribution in [3.8, 4) is 0 Å². The van der Waals surface area contributed by atoms with Crippen molar-refractivity contribution < 1.29 is 4.74 Å². The molecule has 0 spiro atoms. The van der Waals surface area contributed by atoms with Gasteiger partial charge in [-0.25, -0.2) is 0 Å². The van der Waals surface area contributed by atoms with Crippen LogP contribution in [-0.2, 0) is 4.74 Å². The Kier molecular flexibility index (Phi) is 8.74. The van der Waals surface area contributed by atoms with Gasteiger partial charge in [0.05, 0.1) is 12.7 Å². The molecule has 0 heterocycles. The van der Waals surface area contributed by atoms with Crippen LogP contribution in [0.5, 0.6) is 0 Å². The van der Waals surface area contributed by atoms with Crippen molar-refractivity contribution in [3.05, 3.63) is 0 Å². The van der Waals surface area contributed by atoms with Crippen molar-refractivity contribution in [2.75, 3.05) is 39.8 Å². The van der Waals surface area contributed by atoms with Gasteiger partial charge in [-0.3, -0.25) is 0 Å². The Bertz CT molecular complexity index is 237. The lowest BCUT2D eigenvalue weighted by atomic mass is 9.73. The highest BCUT2D eigenvalue weighted by molar-refractivity contribution is 4.87. The minimum absolute atomic E-state index is 0.346. The van der Waals surface area contributed by atoms with Crippen LogP contribution in [0.3, 0.4) is 0 Å². The summed E-state index contributed by atoms with van der Waals surface area (Å²) in [5, 5.41) is 3.67. The Labute approximate surface area is 126 Å². The first-order valence-electron chi connectivity index (χ1n) is 8.59. The molecular formula is C17H36N2O. The molecule has 0 saturated heterocycles. The summed E-state index contributed by atoms with van der Waals surface area (Å²) in [4.78, 5) is 2.47. The molecule has 1 aliphatic carbocycles. The van der Waals surface area contributed by atoms with Crippen LogP contribution in [0.2, 0.25) is 0 Å². The number of likely N-dealkylation sites (N-methyl/N-ethyl adjacent to an activating group) is 1.